The lowest BCUT2D eigenvalue weighted by Crippen LogP contribution is -2.13. The number of anilines is 1. The number of nitrogens with one attached hydrogen (secondary N) is 1. The molecule has 0 fully saturated rings. The summed E-state index contributed by atoms with van der Waals surface area (Å²) in [4.78, 5) is 32.4. The number of aryl methyl sites for hydroxylation is 1. The Balaban J connectivity index is 1.59. The highest BCUT2D eigenvalue weighted by atomic mass is 32.2. The third kappa shape index (κ3) is 5.12. The number of nitrogens with zero attached hydrogens (tertiary/aromatic N) is 2. The molecule has 2 amide bonds. The van der Waals surface area contributed by atoms with Crippen LogP contribution >= 0.6 is 34.4 Å². The average molecular weight is 441 g/mol. The van der Waals surface area contributed by atoms with Crippen molar-refractivity contribution in [2.75, 3.05) is 11.1 Å². The standard InChI is InChI=1S/C17H14F2N4O2S3/c1-8-13(5-14(20)24)28-17(21-8)27-7-15(25)23-16-22-12(6-26-16)10-4-9(18)2-3-11(10)19/h2-4,6H,5,7H2,1H3,(H2,20,24)(H,22,23,25). The summed E-state index contributed by atoms with van der Waals surface area (Å²) < 4.78 is 27.8. The normalized spacial score (nSPS) is 10.8. The molecule has 28 heavy (non-hydrogen) atoms. The lowest BCUT2D eigenvalue weighted by molar-refractivity contribution is -0.117. The van der Waals surface area contributed by atoms with Gasteiger partial charge in [0.1, 0.15) is 11.6 Å². The monoisotopic (exact) mass is 440 g/mol. The summed E-state index contributed by atoms with van der Waals surface area (Å²) in [6.07, 6.45) is 0.120. The number of carbonyl (C=O) groups is 2. The second kappa shape index (κ2) is 8.76. The van der Waals surface area contributed by atoms with E-state index >= 15 is 0 Å². The Labute approximate surface area is 171 Å². The molecule has 0 bridgehead atoms. The first-order chi connectivity index (χ1) is 13.3. The number of aromatic nitrogens is 2. The van der Waals surface area contributed by atoms with Crippen molar-refractivity contribution in [3.05, 3.63) is 45.8 Å². The van der Waals surface area contributed by atoms with Gasteiger partial charge in [0.2, 0.25) is 11.8 Å². The van der Waals surface area contributed by atoms with E-state index in [1.165, 1.54) is 23.1 Å². The fourth-order valence-electron chi connectivity index (χ4n) is 2.22. The number of hydrogen-bond donors (Lipinski definition) is 2. The fraction of sp³-hybridized carbons (Fsp3) is 0.176. The summed E-state index contributed by atoms with van der Waals surface area (Å²) in [5.41, 5.74) is 6.19. The zero-order valence-corrected chi connectivity index (χ0v) is 16.9. The van der Waals surface area contributed by atoms with Gasteiger partial charge in [-0.1, -0.05) is 11.8 Å². The fourth-order valence-corrected chi connectivity index (χ4v) is 4.99. The van der Waals surface area contributed by atoms with E-state index in [0.29, 0.717) is 10.0 Å². The molecule has 6 nitrogen and oxygen atoms in total. The molecule has 2 heterocycles. The summed E-state index contributed by atoms with van der Waals surface area (Å²) >= 11 is 3.67. The first-order valence-electron chi connectivity index (χ1n) is 7.90. The number of halogens is 2. The maximum Gasteiger partial charge on any atom is 0.236 e. The first kappa shape index (κ1) is 20.4. The van der Waals surface area contributed by atoms with Crippen LogP contribution in [0.1, 0.15) is 10.6 Å². The highest BCUT2D eigenvalue weighted by molar-refractivity contribution is 8.01. The Morgan fingerprint density at radius 3 is 2.82 bits per heavy atom. The molecular weight excluding hydrogens is 426 g/mol. The SMILES string of the molecule is Cc1nc(SCC(=O)Nc2nc(-c3cc(F)ccc3F)cs2)sc1CC(N)=O. The lowest BCUT2D eigenvalue weighted by atomic mass is 10.1. The van der Waals surface area contributed by atoms with Crippen LogP contribution in [0.25, 0.3) is 11.3 Å². The van der Waals surface area contributed by atoms with Crippen LogP contribution in [-0.2, 0) is 16.0 Å². The van der Waals surface area contributed by atoms with Gasteiger partial charge in [-0.05, 0) is 25.1 Å². The smallest absolute Gasteiger partial charge is 0.236 e. The molecule has 3 N–H and O–H groups in total. The molecule has 146 valence electrons. The molecule has 3 aromatic rings. The average Bonchev–Trinajstić information content (AvgIpc) is 3.22. The highest BCUT2D eigenvalue weighted by Crippen LogP contribution is 2.29. The maximum absolute atomic E-state index is 13.8. The number of amides is 2. The summed E-state index contributed by atoms with van der Waals surface area (Å²) in [6, 6.07) is 3.11. The number of rotatable bonds is 7. The minimum atomic E-state index is -0.592. The molecule has 0 aliphatic carbocycles. The summed E-state index contributed by atoms with van der Waals surface area (Å²) in [5.74, 6) is -1.82. The molecule has 3 rings (SSSR count). The molecule has 0 aliphatic rings. The Hall–Kier alpha value is -2.37. The summed E-state index contributed by atoms with van der Waals surface area (Å²) in [5, 5.41) is 4.45. The number of benzene rings is 1. The highest BCUT2D eigenvalue weighted by Gasteiger charge is 2.14. The Bertz CT molecular complexity index is 1040. The van der Waals surface area contributed by atoms with Crippen LogP contribution in [0.2, 0.25) is 0 Å². The number of primary amides is 1. The lowest BCUT2D eigenvalue weighted by Gasteiger charge is -2.01. The van der Waals surface area contributed by atoms with Gasteiger partial charge >= 0.3 is 0 Å². The predicted molar refractivity (Wildman–Crippen MR) is 107 cm³/mol. The van der Waals surface area contributed by atoms with Crippen molar-refractivity contribution >= 4 is 51.4 Å². The zero-order chi connectivity index (χ0) is 20.3. The van der Waals surface area contributed by atoms with E-state index in [-0.39, 0.29) is 34.5 Å². The van der Waals surface area contributed by atoms with E-state index in [1.54, 1.807) is 12.3 Å². The van der Waals surface area contributed by atoms with Crippen molar-refractivity contribution < 1.29 is 18.4 Å². The van der Waals surface area contributed by atoms with Crippen LogP contribution in [-0.4, -0.2) is 27.5 Å². The number of nitrogens with two attached hydrogens (primary N) is 1. The molecule has 1 aromatic carbocycles. The Morgan fingerprint density at radius 2 is 2.07 bits per heavy atom. The van der Waals surface area contributed by atoms with Crippen LogP contribution < -0.4 is 11.1 Å². The molecule has 0 spiro atoms. The van der Waals surface area contributed by atoms with Gasteiger partial charge < -0.3 is 11.1 Å². The molecule has 2 aromatic heterocycles. The van der Waals surface area contributed by atoms with E-state index < -0.39 is 17.5 Å². The Morgan fingerprint density at radius 1 is 1.29 bits per heavy atom. The molecular formula is C17H14F2N4O2S3. The minimum absolute atomic E-state index is 0.0337. The van der Waals surface area contributed by atoms with Crippen molar-refractivity contribution in [2.24, 2.45) is 5.73 Å². The molecule has 0 aliphatic heterocycles. The number of carbonyl (C=O) groups excluding carboxylic acids is 2. The second-order valence-electron chi connectivity index (χ2n) is 5.63. The quantitative estimate of drug-likeness (QED) is 0.547. The molecule has 11 heteroatoms. The van der Waals surface area contributed by atoms with Gasteiger partial charge in [-0.2, -0.15) is 0 Å². The van der Waals surface area contributed by atoms with E-state index in [0.717, 1.165) is 34.4 Å². The van der Waals surface area contributed by atoms with Gasteiger partial charge in [0, 0.05) is 15.8 Å². The zero-order valence-electron chi connectivity index (χ0n) is 14.5. The summed E-state index contributed by atoms with van der Waals surface area (Å²) in [6.45, 7) is 1.78. The third-order valence-electron chi connectivity index (χ3n) is 3.49. The van der Waals surface area contributed by atoms with Crippen LogP contribution in [0.4, 0.5) is 13.9 Å². The van der Waals surface area contributed by atoms with E-state index in [1.807, 2.05) is 0 Å². The van der Waals surface area contributed by atoms with Crippen molar-refractivity contribution in [1.29, 1.82) is 0 Å². The Kier molecular flexibility index (Phi) is 6.37. The van der Waals surface area contributed by atoms with Gasteiger partial charge in [-0.15, -0.1) is 22.7 Å². The van der Waals surface area contributed by atoms with Crippen molar-refractivity contribution in [1.82, 2.24) is 9.97 Å². The predicted octanol–water partition coefficient (Wildman–Crippen LogP) is 3.61. The minimum Gasteiger partial charge on any atom is -0.369 e. The second-order valence-corrected chi connectivity index (χ2v) is 8.79. The van der Waals surface area contributed by atoms with E-state index in [2.05, 4.69) is 15.3 Å². The van der Waals surface area contributed by atoms with Gasteiger partial charge in [-0.25, -0.2) is 18.7 Å². The van der Waals surface area contributed by atoms with E-state index in [4.69, 9.17) is 5.73 Å². The maximum atomic E-state index is 13.8. The van der Waals surface area contributed by atoms with Crippen LogP contribution in [0, 0.1) is 18.6 Å². The van der Waals surface area contributed by atoms with Crippen molar-refractivity contribution in [3.63, 3.8) is 0 Å². The van der Waals surface area contributed by atoms with Crippen molar-refractivity contribution in [2.45, 2.75) is 17.7 Å². The van der Waals surface area contributed by atoms with Gasteiger partial charge in [0.05, 0.1) is 23.6 Å². The topological polar surface area (TPSA) is 98.0 Å². The van der Waals surface area contributed by atoms with Crippen LogP contribution in [0.3, 0.4) is 0 Å². The molecule has 0 atom stereocenters. The molecule has 0 saturated carbocycles. The molecule has 0 unspecified atom stereocenters. The molecule has 0 radical (unpaired) electrons. The number of hydrogen-bond acceptors (Lipinski definition) is 7. The van der Waals surface area contributed by atoms with E-state index in [9.17, 15) is 18.4 Å². The van der Waals surface area contributed by atoms with Crippen LogP contribution in [0.15, 0.2) is 27.9 Å². The van der Waals surface area contributed by atoms with Crippen molar-refractivity contribution in [3.8, 4) is 11.3 Å². The number of thioether (sulfide) groups is 1. The first-order valence-corrected chi connectivity index (χ1v) is 10.6. The van der Waals surface area contributed by atoms with Crippen LogP contribution in [0.5, 0.6) is 0 Å². The van der Waals surface area contributed by atoms with Gasteiger partial charge in [-0.3, -0.25) is 9.59 Å². The summed E-state index contributed by atoms with van der Waals surface area (Å²) in [7, 11) is 0. The number of thiazole rings is 2. The largest absolute Gasteiger partial charge is 0.369 e. The van der Waals surface area contributed by atoms with Gasteiger partial charge in [0.25, 0.3) is 0 Å². The van der Waals surface area contributed by atoms with Gasteiger partial charge in [0.15, 0.2) is 9.47 Å². The molecule has 0 saturated heterocycles. The third-order valence-corrected chi connectivity index (χ3v) is 6.55.